The van der Waals surface area contributed by atoms with E-state index in [9.17, 15) is 0 Å². The van der Waals surface area contributed by atoms with E-state index < -0.39 is 0 Å². The van der Waals surface area contributed by atoms with E-state index in [2.05, 4.69) is 60.1 Å². The molecular formula is C14H13NS2. The summed E-state index contributed by atoms with van der Waals surface area (Å²) in [6.45, 7) is 0. The Hall–Kier alpha value is -1.32. The van der Waals surface area contributed by atoms with E-state index in [0.29, 0.717) is 0 Å². The van der Waals surface area contributed by atoms with Gasteiger partial charge in [-0.25, -0.2) is 0 Å². The lowest BCUT2D eigenvalue weighted by molar-refractivity contribution is 1.13. The van der Waals surface area contributed by atoms with Gasteiger partial charge in [-0.3, -0.25) is 0 Å². The molecule has 86 valence electrons. The van der Waals surface area contributed by atoms with Gasteiger partial charge in [0.05, 0.1) is 4.70 Å². The Morgan fingerprint density at radius 1 is 0.941 bits per heavy atom. The quantitative estimate of drug-likeness (QED) is 0.645. The van der Waals surface area contributed by atoms with Crippen molar-refractivity contribution in [3.05, 3.63) is 41.1 Å². The van der Waals surface area contributed by atoms with Crippen molar-refractivity contribution in [2.75, 3.05) is 19.0 Å². The van der Waals surface area contributed by atoms with Gasteiger partial charge in [0.25, 0.3) is 0 Å². The SMILES string of the molecule is CN(C)c1ccc(-c2csc3ccsc23)cc1. The second-order valence-corrected chi connectivity index (χ2v) is 6.03. The van der Waals surface area contributed by atoms with Crippen LogP contribution in [0, 0.1) is 0 Å². The van der Waals surface area contributed by atoms with Crippen LogP contribution in [-0.4, -0.2) is 14.1 Å². The molecule has 0 unspecified atom stereocenters. The molecule has 1 aromatic carbocycles. The minimum Gasteiger partial charge on any atom is -0.378 e. The number of hydrogen-bond donors (Lipinski definition) is 0. The van der Waals surface area contributed by atoms with Crippen LogP contribution < -0.4 is 4.90 Å². The van der Waals surface area contributed by atoms with Gasteiger partial charge in [0, 0.05) is 35.4 Å². The first kappa shape index (κ1) is 10.8. The highest BCUT2D eigenvalue weighted by Gasteiger charge is 2.07. The molecule has 0 aliphatic heterocycles. The lowest BCUT2D eigenvalue weighted by Gasteiger charge is -2.12. The Morgan fingerprint density at radius 2 is 1.71 bits per heavy atom. The molecule has 0 N–H and O–H groups in total. The van der Waals surface area contributed by atoms with Crippen molar-refractivity contribution in [3.8, 4) is 11.1 Å². The molecule has 0 saturated heterocycles. The third-order valence-corrected chi connectivity index (χ3v) is 4.90. The zero-order chi connectivity index (χ0) is 11.8. The van der Waals surface area contributed by atoms with Gasteiger partial charge in [0.1, 0.15) is 0 Å². The summed E-state index contributed by atoms with van der Waals surface area (Å²) in [4.78, 5) is 2.12. The number of rotatable bonds is 2. The molecule has 0 saturated carbocycles. The molecule has 1 nitrogen and oxygen atoms in total. The lowest BCUT2D eigenvalue weighted by Crippen LogP contribution is -2.07. The summed E-state index contributed by atoms with van der Waals surface area (Å²) in [5.41, 5.74) is 3.92. The van der Waals surface area contributed by atoms with E-state index in [4.69, 9.17) is 0 Å². The maximum absolute atomic E-state index is 2.26. The van der Waals surface area contributed by atoms with Crippen LogP contribution in [0.2, 0.25) is 0 Å². The molecule has 0 spiro atoms. The number of hydrogen-bond acceptors (Lipinski definition) is 3. The van der Waals surface area contributed by atoms with Crippen LogP contribution in [0.15, 0.2) is 41.1 Å². The van der Waals surface area contributed by atoms with E-state index in [1.807, 2.05) is 22.7 Å². The van der Waals surface area contributed by atoms with Gasteiger partial charge in [-0.05, 0) is 29.1 Å². The van der Waals surface area contributed by atoms with Gasteiger partial charge in [-0.1, -0.05) is 12.1 Å². The summed E-state index contributed by atoms with van der Waals surface area (Å²) in [5.74, 6) is 0. The normalized spacial score (nSPS) is 10.9. The predicted molar refractivity (Wildman–Crippen MR) is 79.5 cm³/mol. The fourth-order valence-electron chi connectivity index (χ4n) is 1.90. The Morgan fingerprint density at radius 3 is 2.41 bits per heavy atom. The molecule has 0 atom stereocenters. The Labute approximate surface area is 109 Å². The number of thiophene rings is 2. The lowest BCUT2D eigenvalue weighted by atomic mass is 10.1. The van der Waals surface area contributed by atoms with Crippen molar-refractivity contribution in [2.45, 2.75) is 0 Å². The first-order valence-corrected chi connectivity index (χ1v) is 7.24. The summed E-state index contributed by atoms with van der Waals surface area (Å²) >= 11 is 3.65. The number of fused-ring (bicyclic) bond motifs is 1. The predicted octanol–water partition coefficient (Wildman–Crippen LogP) is 4.70. The fraction of sp³-hybridized carbons (Fsp3) is 0.143. The maximum atomic E-state index is 2.26. The zero-order valence-electron chi connectivity index (χ0n) is 9.81. The summed E-state index contributed by atoms with van der Waals surface area (Å²) < 4.78 is 2.80. The van der Waals surface area contributed by atoms with E-state index in [0.717, 1.165) is 0 Å². The summed E-state index contributed by atoms with van der Waals surface area (Å²) in [6, 6.07) is 11.0. The Balaban J connectivity index is 2.07. The number of nitrogens with zero attached hydrogens (tertiary/aromatic N) is 1. The standard InChI is InChI=1S/C14H13NS2/c1-15(2)11-5-3-10(4-6-11)12-9-17-13-7-8-16-14(12)13/h3-9H,1-2H3. The van der Waals surface area contributed by atoms with E-state index in [1.165, 1.54) is 26.2 Å². The number of anilines is 1. The molecule has 3 rings (SSSR count). The number of benzene rings is 1. The highest BCUT2D eigenvalue weighted by Crippen LogP contribution is 2.37. The second-order valence-electron chi connectivity index (χ2n) is 4.20. The van der Waals surface area contributed by atoms with Crippen molar-refractivity contribution in [3.63, 3.8) is 0 Å². The summed E-state index contributed by atoms with van der Waals surface area (Å²) in [6.07, 6.45) is 0. The van der Waals surface area contributed by atoms with Gasteiger partial charge in [-0.2, -0.15) is 0 Å². The molecule has 3 heteroatoms. The Bertz CT molecular complexity index is 632. The van der Waals surface area contributed by atoms with Crippen molar-refractivity contribution < 1.29 is 0 Å². The third-order valence-electron chi connectivity index (χ3n) is 2.87. The molecule has 0 fully saturated rings. The van der Waals surface area contributed by atoms with Crippen molar-refractivity contribution in [1.29, 1.82) is 0 Å². The van der Waals surface area contributed by atoms with Crippen LogP contribution in [0.25, 0.3) is 20.5 Å². The highest BCUT2D eigenvalue weighted by molar-refractivity contribution is 7.26. The minimum absolute atomic E-state index is 1.24. The molecule has 0 amide bonds. The van der Waals surface area contributed by atoms with Crippen molar-refractivity contribution in [1.82, 2.24) is 0 Å². The van der Waals surface area contributed by atoms with Gasteiger partial charge in [0.2, 0.25) is 0 Å². The largest absolute Gasteiger partial charge is 0.378 e. The Kier molecular flexibility index (Phi) is 2.65. The smallest absolute Gasteiger partial charge is 0.0528 e. The molecule has 3 aromatic rings. The van der Waals surface area contributed by atoms with Crippen LogP contribution in [0.5, 0.6) is 0 Å². The summed E-state index contributed by atoms with van der Waals surface area (Å²) in [5, 5.41) is 4.42. The maximum Gasteiger partial charge on any atom is 0.0528 e. The van der Waals surface area contributed by atoms with E-state index in [-0.39, 0.29) is 0 Å². The zero-order valence-corrected chi connectivity index (χ0v) is 11.4. The van der Waals surface area contributed by atoms with Gasteiger partial charge >= 0.3 is 0 Å². The van der Waals surface area contributed by atoms with Crippen molar-refractivity contribution >= 4 is 37.8 Å². The molecule has 0 aliphatic rings. The molecule has 0 aliphatic carbocycles. The molecule has 2 heterocycles. The average Bonchev–Trinajstić information content (AvgIpc) is 2.90. The summed E-state index contributed by atoms with van der Waals surface area (Å²) in [7, 11) is 4.13. The monoisotopic (exact) mass is 259 g/mol. The van der Waals surface area contributed by atoms with Crippen LogP contribution in [0.1, 0.15) is 0 Å². The molecule has 2 aromatic heterocycles. The van der Waals surface area contributed by atoms with Crippen LogP contribution in [-0.2, 0) is 0 Å². The molecular weight excluding hydrogens is 246 g/mol. The molecule has 17 heavy (non-hydrogen) atoms. The second kappa shape index (κ2) is 4.17. The first-order valence-electron chi connectivity index (χ1n) is 5.48. The topological polar surface area (TPSA) is 3.24 Å². The molecule has 0 bridgehead atoms. The van der Waals surface area contributed by atoms with Crippen LogP contribution >= 0.6 is 22.7 Å². The average molecular weight is 259 g/mol. The van der Waals surface area contributed by atoms with E-state index >= 15 is 0 Å². The minimum atomic E-state index is 1.24. The van der Waals surface area contributed by atoms with Crippen LogP contribution in [0.3, 0.4) is 0 Å². The fourth-order valence-corrected chi connectivity index (χ4v) is 4.04. The van der Waals surface area contributed by atoms with E-state index in [1.54, 1.807) is 0 Å². The van der Waals surface area contributed by atoms with Gasteiger partial charge < -0.3 is 4.90 Å². The highest BCUT2D eigenvalue weighted by atomic mass is 32.1. The van der Waals surface area contributed by atoms with Crippen LogP contribution in [0.4, 0.5) is 5.69 Å². The first-order chi connectivity index (χ1) is 8.25. The molecule has 0 radical (unpaired) electrons. The van der Waals surface area contributed by atoms with Gasteiger partial charge in [-0.15, -0.1) is 22.7 Å². The van der Waals surface area contributed by atoms with Gasteiger partial charge in [0.15, 0.2) is 0 Å². The third kappa shape index (κ3) is 1.85. The van der Waals surface area contributed by atoms with Crippen molar-refractivity contribution in [2.24, 2.45) is 0 Å².